The van der Waals surface area contributed by atoms with Gasteiger partial charge in [0.25, 0.3) is 10.0 Å². The van der Waals surface area contributed by atoms with Gasteiger partial charge in [0, 0.05) is 31.2 Å². The fraction of sp³-hybridized carbons (Fsp3) is 0.571. The van der Waals surface area contributed by atoms with Crippen molar-refractivity contribution in [1.82, 2.24) is 4.72 Å². The smallest absolute Gasteiger partial charge is 0.250 e. The number of nitriles is 1. The van der Waals surface area contributed by atoms with E-state index in [1.165, 1.54) is 19.4 Å². The highest BCUT2D eigenvalue weighted by Gasteiger charge is 2.41. The molecule has 2 aliphatic rings. The minimum absolute atomic E-state index is 0.405. The van der Waals surface area contributed by atoms with Gasteiger partial charge in [-0.05, 0) is 43.0 Å². The maximum atomic E-state index is 12.6. The highest BCUT2D eigenvalue weighted by atomic mass is 32.2. The third-order valence-corrected chi connectivity index (χ3v) is 7.15. The summed E-state index contributed by atoms with van der Waals surface area (Å²) in [5, 5.41) is 39.2. The molecule has 0 radical (unpaired) electrons. The second kappa shape index (κ2) is 10.1. The lowest BCUT2D eigenvalue weighted by Gasteiger charge is -2.39. The van der Waals surface area contributed by atoms with Crippen LogP contribution >= 0.6 is 0 Å². The summed E-state index contributed by atoms with van der Waals surface area (Å²) in [5.41, 5.74) is 1.63. The summed E-state index contributed by atoms with van der Waals surface area (Å²) in [4.78, 5) is 1.79. The van der Waals surface area contributed by atoms with Crippen molar-refractivity contribution in [3.8, 4) is 6.07 Å². The number of piperidine rings is 1. The Hall–Kier alpha value is -2.00. The van der Waals surface area contributed by atoms with Crippen molar-refractivity contribution in [1.29, 1.82) is 5.26 Å². The molecule has 3 rings (SSSR count). The first-order valence-corrected chi connectivity index (χ1v) is 11.9. The van der Waals surface area contributed by atoms with Crippen molar-refractivity contribution >= 4 is 21.8 Å². The first kappa shape index (κ1) is 23.7. The van der Waals surface area contributed by atoms with Crippen LogP contribution in [0.25, 0.3) is 6.08 Å². The van der Waals surface area contributed by atoms with Gasteiger partial charge in [-0.1, -0.05) is 19.1 Å². The third kappa shape index (κ3) is 5.63. The van der Waals surface area contributed by atoms with Gasteiger partial charge in [-0.3, -0.25) is 0 Å². The van der Waals surface area contributed by atoms with E-state index in [1.807, 2.05) is 12.1 Å². The van der Waals surface area contributed by atoms with Gasteiger partial charge in [-0.2, -0.15) is 5.26 Å². The van der Waals surface area contributed by atoms with E-state index >= 15 is 0 Å². The number of sulfonamides is 1. The van der Waals surface area contributed by atoms with Crippen LogP contribution in [0.15, 0.2) is 29.2 Å². The monoisotopic (exact) mass is 451 g/mol. The Balaban J connectivity index is 1.67. The summed E-state index contributed by atoms with van der Waals surface area (Å²) in [6.45, 7) is 3.09. The maximum absolute atomic E-state index is 12.6. The molecule has 1 aromatic rings. The van der Waals surface area contributed by atoms with Crippen LogP contribution in [0.3, 0.4) is 0 Å². The SMILES string of the molecule is C[C@H]1C(O)O[C@H](CNS(=O)(=O)/C(C#N)=C/c2ccc(N3CCCCC3)cc2)[C@@H](O)[C@@H]1O. The molecule has 2 saturated heterocycles. The standard InChI is InChI=1S/C21H29N3O6S/c1-14-19(25)20(26)18(30-21(14)27)13-23-31(28,29)17(12-22)11-15-5-7-16(8-6-15)24-9-3-2-4-10-24/h5-8,11,14,18-21,23,25-27H,2-4,9-10,13H2,1H3/b17-11+/t14-,18-,19-,20-,21?/m1/s1. The van der Waals surface area contributed by atoms with E-state index in [0.717, 1.165) is 31.6 Å². The number of ether oxygens (including phenoxy) is 1. The predicted molar refractivity (Wildman–Crippen MR) is 115 cm³/mol. The number of rotatable bonds is 6. The van der Waals surface area contributed by atoms with Gasteiger partial charge in [0.05, 0.1) is 6.10 Å². The zero-order valence-corrected chi connectivity index (χ0v) is 18.2. The van der Waals surface area contributed by atoms with E-state index in [-0.39, 0.29) is 0 Å². The Bertz CT molecular complexity index is 921. The Kier molecular flexibility index (Phi) is 7.69. The number of aliphatic hydroxyl groups excluding tert-OH is 3. The van der Waals surface area contributed by atoms with E-state index in [0.29, 0.717) is 5.56 Å². The van der Waals surface area contributed by atoms with E-state index in [4.69, 9.17) is 4.74 Å². The molecule has 9 nitrogen and oxygen atoms in total. The summed E-state index contributed by atoms with van der Waals surface area (Å²) in [6, 6.07) is 9.03. The van der Waals surface area contributed by atoms with E-state index < -0.39 is 52.0 Å². The van der Waals surface area contributed by atoms with Crippen LogP contribution in [-0.4, -0.2) is 68.0 Å². The topological polar surface area (TPSA) is 143 Å². The molecule has 0 aliphatic carbocycles. The maximum Gasteiger partial charge on any atom is 0.250 e. The molecule has 0 aromatic heterocycles. The van der Waals surface area contributed by atoms with Crippen LogP contribution < -0.4 is 9.62 Å². The van der Waals surface area contributed by atoms with Crippen LogP contribution in [0, 0.1) is 17.2 Å². The molecule has 1 unspecified atom stereocenters. The van der Waals surface area contributed by atoms with Crippen LogP contribution in [0.4, 0.5) is 5.69 Å². The lowest BCUT2D eigenvalue weighted by molar-refractivity contribution is -0.257. The van der Waals surface area contributed by atoms with E-state index in [9.17, 15) is 29.0 Å². The fourth-order valence-corrected chi connectivity index (χ4v) is 4.73. The number of hydrogen-bond donors (Lipinski definition) is 4. The summed E-state index contributed by atoms with van der Waals surface area (Å²) in [7, 11) is -4.19. The van der Waals surface area contributed by atoms with Gasteiger partial charge in [-0.25, -0.2) is 13.1 Å². The lowest BCUT2D eigenvalue weighted by atomic mass is 9.92. The first-order valence-electron chi connectivity index (χ1n) is 10.4. The molecule has 2 aliphatic heterocycles. The molecule has 5 atom stereocenters. The molecule has 0 spiro atoms. The molecule has 2 fully saturated rings. The molecule has 4 N–H and O–H groups in total. The van der Waals surface area contributed by atoms with Crippen molar-refractivity contribution in [3.05, 3.63) is 34.7 Å². The van der Waals surface area contributed by atoms with Crippen molar-refractivity contribution in [2.45, 2.75) is 50.8 Å². The van der Waals surface area contributed by atoms with Gasteiger partial charge < -0.3 is 25.0 Å². The van der Waals surface area contributed by atoms with Crippen LogP contribution in [0.1, 0.15) is 31.7 Å². The minimum atomic E-state index is -4.19. The van der Waals surface area contributed by atoms with Crippen molar-refractivity contribution in [2.24, 2.45) is 5.92 Å². The van der Waals surface area contributed by atoms with Crippen molar-refractivity contribution in [3.63, 3.8) is 0 Å². The first-order chi connectivity index (χ1) is 14.7. The highest BCUT2D eigenvalue weighted by molar-refractivity contribution is 7.93. The van der Waals surface area contributed by atoms with Crippen molar-refractivity contribution < 1.29 is 28.5 Å². The fourth-order valence-electron chi connectivity index (χ4n) is 3.78. The number of nitrogens with zero attached hydrogens (tertiary/aromatic N) is 2. The molecule has 1 aromatic carbocycles. The molecule has 2 heterocycles. The average molecular weight is 452 g/mol. The lowest BCUT2D eigenvalue weighted by Crippen LogP contribution is -2.56. The van der Waals surface area contributed by atoms with Gasteiger partial charge in [-0.15, -0.1) is 0 Å². The quantitative estimate of drug-likeness (QED) is 0.459. The Morgan fingerprint density at radius 1 is 1.19 bits per heavy atom. The number of anilines is 1. The van der Waals surface area contributed by atoms with Gasteiger partial charge in [0.15, 0.2) is 11.2 Å². The minimum Gasteiger partial charge on any atom is -0.390 e. The van der Waals surface area contributed by atoms with Gasteiger partial charge >= 0.3 is 0 Å². The van der Waals surface area contributed by atoms with Gasteiger partial charge in [0.1, 0.15) is 18.3 Å². The molecule has 0 bridgehead atoms. The molecular weight excluding hydrogens is 422 g/mol. The van der Waals surface area contributed by atoms with Gasteiger partial charge in [0.2, 0.25) is 0 Å². The number of hydrogen-bond acceptors (Lipinski definition) is 8. The summed E-state index contributed by atoms with van der Waals surface area (Å²) in [6.07, 6.45) is -0.329. The molecular formula is C21H29N3O6S. The third-order valence-electron chi connectivity index (χ3n) is 5.82. The molecule has 10 heteroatoms. The largest absolute Gasteiger partial charge is 0.390 e. The van der Waals surface area contributed by atoms with E-state index in [1.54, 1.807) is 18.2 Å². The second-order valence-electron chi connectivity index (χ2n) is 8.02. The number of allylic oxidation sites excluding steroid dienone is 1. The molecule has 170 valence electrons. The summed E-state index contributed by atoms with van der Waals surface area (Å²) in [5.74, 6) is -0.717. The Morgan fingerprint density at radius 2 is 1.84 bits per heavy atom. The highest BCUT2D eigenvalue weighted by Crippen LogP contribution is 2.25. The molecule has 0 amide bonds. The normalized spacial score (nSPS) is 30.1. The summed E-state index contributed by atoms with van der Waals surface area (Å²) < 4.78 is 32.6. The Morgan fingerprint density at radius 3 is 2.45 bits per heavy atom. The van der Waals surface area contributed by atoms with Crippen LogP contribution in [0.5, 0.6) is 0 Å². The number of benzene rings is 1. The second-order valence-corrected chi connectivity index (χ2v) is 9.75. The molecule has 0 saturated carbocycles. The van der Waals surface area contributed by atoms with Crippen molar-refractivity contribution in [2.75, 3.05) is 24.5 Å². The molecule has 31 heavy (non-hydrogen) atoms. The predicted octanol–water partition coefficient (Wildman–Crippen LogP) is 0.536. The van der Waals surface area contributed by atoms with Crippen LogP contribution in [-0.2, 0) is 14.8 Å². The summed E-state index contributed by atoms with van der Waals surface area (Å²) >= 11 is 0. The Labute approximate surface area is 182 Å². The number of nitrogens with one attached hydrogen (secondary N) is 1. The zero-order chi connectivity index (χ0) is 22.6. The average Bonchev–Trinajstić information content (AvgIpc) is 2.78. The van der Waals surface area contributed by atoms with E-state index in [2.05, 4.69) is 9.62 Å². The van der Waals surface area contributed by atoms with Crippen LogP contribution in [0.2, 0.25) is 0 Å². The zero-order valence-electron chi connectivity index (χ0n) is 17.4. The number of aliphatic hydroxyl groups is 3.